The number of allylic oxidation sites excluding steroid dienone is 2. The summed E-state index contributed by atoms with van der Waals surface area (Å²) in [6.07, 6.45) is -2.31. The van der Waals surface area contributed by atoms with Gasteiger partial charge in [-0.1, -0.05) is 19.9 Å². The number of rotatable bonds is 13. The van der Waals surface area contributed by atoms with Gasteiger partial charge in [-0.15, -0.1) is 0 Å². The van der Waals surface area contributed by atoms with Gasteiger partial charge in [0.1, 0.15) is 5.82 Å². The summed E-state index contributed by atoms with van der Waals surface area (Å²) in [5.41, 5.74) is -2.16. The Labute approximate surface area is 234 Å². The molecule has 0 saturated heterocycles. The van der Waals surface area contributed by atoms with E-state index < -0.39 is 29.6 Å². The van der Waals surface area contributed by atoms with E-state index in [-0.39, 0.29) is 36.7 Å². The molecule has 0 aliphatic carbocycles. The number of benzene rings is 1. The second kappa shape index (κ2) is 14.2. The van der Waals surface area contributed by atoms with Gasteiger partial charge in [-0.25, -0.2) is 9.78 Å². The number of nitrogens with zero attached hydrogens (tertiary/aromatic N) is 3. The Morgan fingerprint density at radius 2 is 1.68 bits per heavy atom. The van der Waals surface area contributed by atoms with Gasteiger partial charge in [0.25, 0.3) is 0 Å². The summed E-state index contributed by atoms with van der Waals surface area (Å²) >= 11 is 0. The average Bonchev–Trinajstić information content (AvgIpc) is 3.12. The highest BCUT2D eigenvalue weighted by Gasteiger charge is 2.36. The molecule has 1 aromatic heterocycles. The van der Waals surface area contributed by atoms with Gasteiger partial charge in [0.15, 0.2) is 0 Å². The molecule has 0 bridgehead atoms. The highest BCUT2D eigenvalue weighted by molar-refractivity contribution is 5.70. The normalized spacial score (nSPS) is 13.9. The highest BCUT2D eigenvalue weighted by Crippen LogP contribution is 2.39. The lowest BCUT2D eigenvalue weighted by molar-refractivity contribution is -0.137. The van der Waals surface area contributed by atoms with Crippen molar-refractivity contribution >= 4 is 23.3 Å². The number of ether oxygens (including phenoxy) is 1. The van der Waals surface area contributed by atoms with Crippen molar-refractivity contribution in [1.29, 1.82) is 0 Å². The number of alkyl halides is 6. The third kappa shape index (κ3) is 9.41. The number of hydrogen-bond acceptors (Lipinski definition) is 6. The van der Waals surface area contributed by atoms with Crippen LogP contribution in [0.15, 0.2) is 55.1 Å². The van der Waals surface area contributed by atoms with Crippen molar-refractivity contribution in [2.75, 3.05) is 43.4 Å². The van der Waals surface area contributed by atoms with Crippen molar-refractivity contribution in [2.24, 2.45) is 0 Å². The van der Waals surface area contributed by atoms with E-state index in [0.717, 1.165) is 31.8 Å². The zero-order valence-corrected chi connectivity index (χ0v) is 22.8. The molecular formula is C28H33F6N5O2. The van der Waals surface area contributed by atoms with Gasteiger partial charge in [0, 0.05) is 31.6 Å². The van der Waals surface area contributed by atoms with Crippen LogP contribution in [0.5, 0.6) is 0 Å². The number of hydrogen-bond donors (Lipinski definition) is 2. The standard InChI is InChI=1S/C28H33F6N5O2/c1-3-38(4-2)13-7-9-20-10-11-23(21(17-20)27(29,30)31)37-25-18-24(22(19-36-25)28(32,33)34)35-12-8-15-39-14-5-6-16-41-26(39)40/h5-6,10-11,14,16-19H,3-4,7-9,12-13,15H2,1-2H3,(H2,35,36,37). The van der Waals surface area contributed by atoms with Crippen LogP contribution in [0.25, 0.3) is 0 Å². The summed E-state index contributed by atoms with van der Waals surface area (Å²) in [5, 5.41) is 5.21. The van der Waals surface area contributed by atoms with Gasteiger partial charge in [0.05, 0.1) is 28.8 Å². The number of cyclic esters (lactones) is 1. The maximum Gasteiger partial charge on any atom is 0.419 e. The minimum absolute atomic E-state index is 0.0353. The van der Waals surface area contributed by atoms with Crippen LogP contribution in [0.2, 0.25) is 0 Å². The van der Waals surface area contributed by atoms with E-state index in [9.17, 15) is 31.1 Å². The van der Waals surface area contributed by atoms with Crippen LogP contribution in [0.4, 0.5) is 48.3 Å². The molecule has 1 aliphatic rings. The van der Waals surface area contributed by atoms with Gasteiger partial charge in [0.2, 0.25) is 0 Å². The lowest BCUT2D eigenvalue weighted by atomic mass is 10.0. The highest BCUT2D eigenvalue weighted by atomic mass is 19.4. The zero-order valence-electron chi connectivity index (χ0n) is 22.8. The molecule has 2 heterocycles. The third-order valence-electron chi connectivity index (χ3n) is 6.45. The van der Waals surface area contributed by atoms with Gasteiger partial charge in [-0.3, -0.25) is 4.90 Å². The second-order valence-corrected chi connectivity index (χ2v) is 9.27. The molecule has 7 nitrogen and oxygen atoms in total. The van der Waals surface area contributed by atoms with Crippen LogP contribution >= 0.6 is 0 Å². The number of carbonyl (C=O) groups is 1. The van der Waals surface area contributed by atoms with Gasteiger partial charge < -0.3 is 20.3 Å². The Morgan fingerprint density at radius 1 is 0.951 bits per heavy atom. The van der Waals surface area contributed by atoms with Gasteiger partial charge >= 0.3 is 18.4 Å². The molecule has 2 aromatic rings. The van der Waals surface area contributed by atoms with Crippen LogP contribution in [0.3, 0.4) is 0 Å². The molecule has 41 heavy (non-hydrogen) atoms. The lowest BCUT2D eigenvalue weighted by Gasteiger charge is -2.20. The molecule has 224 valence electrons. The quantitative estimate of drug-likeness (QED) is 0.188. The second-order valence-electron chi connectivity index (χ2n) is 9.27. The summed E-state index contributed by atoms with van der Waals surface area (Å²) in [7, 11) is 0. The molecule has 13 heteroatoms. The first-order chi connectivity index (χ1) is 19.4. The third-order valence-corrected chi connectivity index (χ3v) is 6.45. The van der Waals surface area contributed by atoms with E-state index in [2.05, 4.69) is 20.5 Å². The van der Waals surface area contributed by atoms with Crippen LogP contribution in [0, 0.1) is 0 Å². The Kier molecular flexibility index (Phi) is 11.0. The van der Waals surface area contributed by atoms with E-state index in [1.165, 1.54) is 29.5 Å². The predicted molar refractivity (Wildman–Crippen MR) is 145 cm³/mol. The van der Waals surface area contributed by atoms with Crippen molar-refractivity contribution in [3.8, 4) is 0 Å². The Balaban J connectivity index is 1.74. The molecule has 0 spiro atoms. The van der Waals surface area contributed by atoms with Crippen molar-refractivity contribution in [3.05, 3.63) is 71.8 Å². The van der Waals surface area contributed by atoms with Gasteiger partial charge in [-0.05, 0) is 68.7 Å². The van der Waals surface area contributed by atoms with Crippen molar-refractivity contribution < 1.29 is 35.9 Å². The first kappa shape index (κ1) is 31.8. The molecule has 3 rings (SSSR count). The zero-order chi connectivity index (χ0) is 30.0. The number of pyridine rings is 1. The van der Waals surface area contributed by atoms with E-state index in [0.29, 0.717) is 24.6 Å². The first-order valence-electron chi connectivity index (χ1n) is 13.2. The van der Waals surface area contributed by atoms with E-state index in [1.54, 1.807) is 12.1 Å². The molecule has 0 atom stereocenters. The Hall–Kier alpha value is -3.74. The summed E-state index contributed by atoms with van der Waals surface area (Å²) in [6, 6.07) is 4.92. The van der Waals surface area contributed by atoms with Crippen LogP contribution in [0.1, 0.15) is 43.4 Å². The molecule has 1 aliphatic heterocycles. The first-order valence-corrected chi connectivity index (χ1v) is 13.2. The van der Waals surface area contributed by atoms with Crippen molar-refractivity contribution in [2.45, 2.75) is 45.5 Å². The molecule has 0 fully saturated rings. The number of halogens is 6. The molecule has 0 radical (unpaired) electrons. The maximum atomic E-state index is 13.9. The number of anilines is 3. The number of carbonyl (C=O) groups excluding carboxylic acids is 1. The predicted octanol–water partition coefficient (Wildman–Crippen LogP) is 7.42. The molecule has 0 unspecified atom stereocenters. The topological polar surface area (TPSA) is 69.7 Å². The maximum absolute atomic E-state index is 13.9. The van der Waals surface area contributed by atoms with Crippen molar-refractivity contribution in [3.63, 3.8) is 0 Å². The number of aryl methyl sites for hydroxylation is 1. The molecule has 2 N–H and O–H groups in total. The summed E-state index contributed by atoms with van der Waals surface area (Å²) in [6.45, 7) is 6.71. The number of aromatic nitrogens is 1. The average molecular weight is 586 g/mol. The number of nitrogens with one attached hydrogen (secondary N) is 2. The molecule has 1 amide bonds. The van der Waals surface area contributed by atoms with Crippen molar-refractivity contribution in [1.82, 2.24) is 14.8 Å². The van der Waals surface area contributed by atoms with E-state index in [4.69, 9.17) is 4.74 Å². The van der Waals surface area contributed by atoms with Crippen LogP contribution < -0.4 is 10.6 Å². The fourth-order valence-corrected chi connectivity index (χ4v) is 4.23. The number of amides is 1. The smallest absolute Gasteiger partial charge is 0.418 e. The summed E-state index contributed by atoms with van der Waals surface area (Å²) in [5.74, 6) is -0.189. The summed E-state index contributed by atoms with van der Waals surface area (Å²) < 4.78 is 87.5. The fraction of sp³-hybridized carbons (Fsp3) is 0.429. The van der Waals surface area contributed by atoms with Crippen LogP contribution in [-0.4, -0.2) is 53.6 Å². The van der Waals surface area contributed by atoms with Crippen LogP contribution in [-0.2, 0) is 23.5 Å². The fourth-order valence-electron chi connectivity index (χ4n) is 4.23. The molecular weight excluding hydrogens is 552 g/mol. The van der Waals surface area contributed by atoms with Gasteiger partial charge in [-0.2, -0.15) is 26.3 Å². The largest absolute Gasteiger partial charge is 0.419 e. The minimum atomic E-state index is -4.75. The SMILES string of the molecule is CCN(CC)CCCc1ccc(Nc2cc(NCCCN3C=CC=COC3=O)c(C(F)(F)F)cn2)c(C(F)(F)F)c1. The van der Waals surface area contributed by atoms with E-state index >= 15 is 0 Å². The monoisotopic (exact) mass is 585 g/mol. The minimum Gasteiger partial charge on any atom is -0.418 e. The van der Waals surface area contributed by atoms with E-state index in [1.807, 2.05) is 13.8 Å². The Morgan fingerprint density at radius 3 is 2.37 bits per heavy atom. The molecule has 0 saturated carbocycles. The lowest BCUT2D eigenvalue weighted by Crippen LogP contribution is -2.27. The Bertz CT molecular complexity index is 1230. The molecule has 1 aromatic carbocycles. The summed E-state index contributed by atoms with van der Waals surface area (Å²) in [4.78, 5) is 19.0.